The first kappa shape index (κ1) is 18.6. The summed E-state index contributed by atoms with van der Waals surface area (Å²) in [5.74, 6) is -1.14. The Balaban J connectivity index is 2.70. The van der Waals surface area contributed by atoms with Gasteiger partial charge in [-0.3, -0.25) is 0 Å². The average molecular weight is 348 g/mol. The summed E-state index contributed by atoms with van der Waals surface area (Å²) >= 11 is 12.1. The summed E-state index contributed by atoms with van der Waals surface area (Å²) in [6.07, 6.45) is -0.298. The van der Waals surface area contributed by atoms with Crippen molar-refractivity contribution in [1.29, 1.82) is 0 Å². The van der Waals surface area contributed by atoms with Gasteiger partial charge in [0.25, 0.3) is 0 Å². The quantitative estimate of drug-likeness (QED) is 0.846. The van der Waals surface area contributed by atoms with Crippen molar-refractivity contribution in [1.82, 2.24) is 5.32 Å². The highest BCUT2D eigenvalue weighted by molar-refractivity contribution is 6.35. The highest BCUT2D eigenvalue weighted by atomic mass is 35.5. The average Bonchev–Trinajstić information content (AvgIpc) is 2.34. The molecule has 1 aromatic carbocycles. The highest BCUT2D eigenvalue weighted by Gasteiger charge is 2.24. The van der Waals surface area contributed by atoms with Crippen molar-refractivity contribution in [3.63, 3.8) is 0 Å². The third-order valence-electron chi connectivity index (χ3n) is 2.73. The molecule has 0 heterocycles. The highest BCUT2D eigenvalue weighted by Crippen LogP contribution is 2.25. The van der Waals surface area contributed by atoms with Crippen molar-refractivity contribution in [2.24, 2.45) is 0 Å². The van der Waals surface area contributed by atoms with Crippen LogP contribution in [0.3, 0.4) is 0 Å². The fraction of sp³-hybridized carbons (Fsp3) is 0.467. The van der Waals surface area contributed by atoms with Crippen LogP contribution in [0.4, 0.5) is 4.79 Å². The van der Waals surface area contributed by atoms with Crippen LogP contribution in [0.15, 0.2) is 18.2 Å². The van der Waals surface area contributed by atoms with Gasteiger partial charge in [-0.05, 0) is 51.3 Å². The Labute approximate surface area is 139 Å². The second kappa shape index (κ2) is 7.70. The zero-order valence-corrected chi connectivity index (χ0v) is 14.2. The number of carboxylic acids is 1. The standard InChI is InChI=1S/C15H19Cl2NO4/c1-15(2,3)22-14(21)18-12(13(19)20)8-7-9-10(16)5-4-6-11(9)17/h4-6,12H,7-8H2,1-3H3,(H,18,21)(H,19,20). The van der Waals surface area contributed by atoms with Crippen molar-refractivity contribution in [3.8, 4) is 0 Å². The molecule has 1 amide bonds. The number of rotatable bonds is 5. The Kier molecular flexibility index (Phi) is 6.50. The van der Waals surface area contributed by atoms with Crippen LogP contribution >= 0.6 is 23.2 Å². The maximum atomic E-state index is 11.7. The number of nitrogens with one attached hydrogen (secondary N) is 1. The molecule has 0 bridgehead atoms. The second-order valence-corrected chi connectivity index (χ2v) is 6.59. The van der Waals surface area contributed by atoms with Gasteiger partial charge in [0, 0.05) is 10.0 Å². The minimum absolute atomic E-state index is 0.151. The van der Waals surface area contributed by atoms with Crippen molar-refractivity contribution in [2.75, 3.05) is 0 Å². The molecule has 7 heteroatoms. The summed E-state index contributed by atoms with van der Waals surface area (Å²) in [7, 11) is 0. The molecule has 1 aromatic rings. The molecule has 1 unspecified atom stereocenters. The number of carboxylic acid groups (broad SMARTS) is 1. The van der Waals surface area contributed by atoms with E-state index in [0.29, 0.717) is 22.0 Å². The molecule has 2 N–H and O–H groups in total. The van der Waals surface area contributed by atoms with Crippen LogP contribution in [-0.2, 0) is 16.0 Å². The molecule has 0 spiro atoms. The van der Waals surface area contributed by atoms with Crippen LogP contribution in [0.2, 0.25) is 10.0 Å². The maximum absolute atomic E-state index is 11.7. The number of carbonyl (C=O) groups is 2. The van der Waals surface area contributed by atoms with Gasteiger partial charge in [-0.1, -0.05) is 29.3 Å². The van der Waals surface area contributed by atoms with E-state index in [1.807, 2.05) is 0 Å². The minimum Gasteiger partial charge on any atom is -0.480 e. The number of hydrogen-bond donors (Lipinski definition) is 2. The number of ether oxygens (including phenoxy) is 1. The third kappa shape index (κ3) is 6.12. The number of hydrogen-bond acceptors (Lipinski definition) is 3. The topological polar surface area (TPSA) is 75.6 Å². The lowest BCUT2D eigenvalue weighted by Crippen LogP contribution is -2.43. The molecule has 5 nitrogen and oxygen atoms in total. The third-order valence-corrected chi connectivity index (χ3v) is 3.44. The van der Waals surface area contributed by atoms with Gasteiger partial charge in [-0.25, -0.2) is 9.59 Å². The Morgan fingerprint density at radius 2 is 1.82 bits per heavy atom. The van der Waals surface area contributed by atoms with E-state index in [9.17, 15) is 14.7 Å². The maximum Gasteiger partial charge on any atom is 0.408 e. The molecule has 122 valence electrons. The van der Waals surface area contributed by atoms with E-state index < -0.39 is 23.7 Å². The summed E-state index contributed by atoms with van der Waals surface area (Å²) in [5.41, 5.74) is -0.0396. The molecule has 0 fully saturated rings. The van der Waals surface area contributed by atoms with Gasteiger partial charge in [-0.15, -0.1) is 0 Å². The van der Waals surface area contributed by atoms with Gasteiger partial charge < -0.3 is 15.2 Å². The molecule has 0 saturated heterocycles. The molecule has 22 heavy (non-hydrogen) atoms. The van der Waals surface area contributed by atoms with Crippen LogP contribution in [0, 0.1) is 0 Å². The van der Waals surface area contributed by atoms with Gasteiger partial charge in [-0.2, -0.15) is 0 Å². The van der Waals surface area contributed by atoms with Crippen molar-refractivity contribution in [3.05, 3.63) is 33.8 Å². The van der Waals surface area contributed by atoms with Crippen LogP contribution in [0.25, 0.3) is 0 Å². The van der Waals surface area contributed by atoms with E-state index in [2.05, 4.69) is 5.32 Å². The first-order valence-corrected chi connectivity index (χ1v) is 7.51. The Morgan fingerprint density at radius 1 is 1.27 bits per heavy atom. The van der Waals surface area contributed by atoms with Gasteiger partial charge in [0.2, 0.25) is 0 Å². The first-order chi connectivity index (χ1) is 10.1. The number of aliphatic carboxylic acids is 1. The van der Waals surface area contributed by atoms with Crippen LogP contribution in [-0.4, -0.2) is 28.8 Å². The summed E-state index contributed by atoms with van der Waals surface area (Å²) in [5, 5.41) is 12.5. The molecule has 1 atom stereocenters. The normalized spacial score (nSPS) is 12.6. The largest absolute Gasteiger partial charge is 0.480 e. The zero-order valence-electron chi connectivity index (χ0n) is 12.7. The van der Waals surface area contributed by atoms with E-state index in [0.717, 1.165) is 0 Å². The monoisotopic (exact) mass is 347 g/mol. The fourth-order valence-corrected chi connectivity index (χ4v) is 2.35. The molecule has 0 saturated carbocycles. The molecule has 0 aromatic heterocycles. The van der Waals surface area contributed by atoms with Crippen molar-refractivity contribution >= 4 is 35.3 Å². The van der Waals surface area contributed by atoms with Gasteiger partial charge in [0.05, 0.1) is 0 Å². The predicted molar refractivity (Wildman–Crippen MR) is 85.6 cm³/mol. The fourth-order valence-electron chi connectivity index (χ4n) is 1.77. The Hall–Kier alpha value is -1.46. The van der Waals surface area contributed by atoms with E-state index in [-0.39, 0.29) is 6.42 Å². The van der Waals surface area contributed by atoms with Gasteiger partial charge in [0.15, 0.2) is 0 Å². The summed E-state index contributed by atoms with van der Waals surface area (Å²) in [6.45, 7) is 5.10. The van der Waals surface area contributed by atoms with Gasteiger partial charge >= 0.3 is 12.1 Å². The van der Waals surface area contributed by atoms with Crippen molar-refractivity contribution < 1.29 is 19.4 Å². The van der Waals surface area contributed by atoms with E-state index in [1.54, 1.807) is 39.0 Å². The second-order valence-electron chi connectivity index (χ2n) is 5.78. The number of amides is 1. The lowest BCUT2D eigenvalue weighted by atomic mass is 10.1. The number of benzene rings is 1. The summed E-state index contributed by atoms with van der Waals surface area (Å²) in [6, 6.07) is 3.99. The van der Waals surface area contributed by atoms with E-state index in [4.69, 9.17) is 27.9 Å². The van der Waals surface area contributed by atoms with Gasteiger partial charge in [0.1, 0.15) is 11.6 Å². The van der Waals surface area contributed by atoms with Crippen LogP contribution < -0.4 is 5.32 Å². The molecule has 0 aliphatic carbocycles. The van der Waals surface area contributed by atoms with Crippen LogP contribution in [0.1, 0.15) is 32.8 Å². The first-order valence-electron chi connectivity index (χ1n) is 6.75. The van der Waals surface area contributed by atoms with Crippen LogP contribution in [0.5, 0.6) is 0 Å². The predicted octanol–water partition coefficient (Wildman–Crippen LogP) is 3.90. The Morgan fingerprint density at radius 3 is 2.27 bits per heavy atom. The molecular weight excluding hydrogens is 329 g/mol. The smallest absolute Gasteiger partial charge is 0.408 e. The zero-order chi connectivity index (χ0) is 16.9. The molecule has 0 aliphatic rings. The SMILES string of the molecule is CC(C)(C)OC(=O)NC(CCc1c(Cl)cccc1Cl)C(=O)O. The lowest BCUT2D eigenvalue weighted by Gasteiger charge is -2.22. The Bertz CT molecular complexity index is 535. The van der Waals surface area contributed by atoms with E-state index >= 15 is 0 Å². The van der Waals surface area contributed by atoms with Crippen molar-refractivity contribution in [2.45, 2.75) is 45.3 Å². The summed E-state index contributed by atoms with van der Waals surface area (Å²) in [4.78, 5) is 22.9. The summed E-state index contributed by atoms with van der Waals surface area (Å²) < 4.78 is 5.05. The number of halogens is 2. The number of alkyl carbamates (subject to hydrolysis) is 1. The van der Waals surface area contributed by atoms with E-state index in [1.165, 1.54) is 0 Å². The molecule has 0 aliphatic heterocycles. The molecule has 0 radical (unpaired) electrons. The molecule has 1 rings (SSSR count). The minimum atomic E-state index is -1.14. The lowest BCUT2D eigenvalue weighted by molar-refractivity contribution is -0.139. The number of carbonyl (C=O) groups excluding carboxylic acids is 1. The molecular formula is C15H19Cl2NO4.